The Balaban J connectivity index is 1.83. The van der Waals surface area contributed by atoms with Crippen molar-refractivity contribution in [2.45, 2.75) is 168 Å². The number of unbranched alkanes of at least 4 members (excludes halogenated alkanes) is 19. The topological polar surface area (TPSA) is 20.2 Å². The number of rotatable bonds is 22. The van der Waals surface area contributed by atoms with Gasteiger partial charge in [-0.1, -0.05) is 160 Å². The van der Waals surface area contributed by atoms with Gasteiger partial charge in [-0.05, 0) is 37.3 Å². The van der Waals surface area contributed by atoms with Crippen LogP contribution in [0.4, 0.5) is 0 Å². The van der Waals surface area contributed by atoms with E-state index in [2.05, 4.69) is 32.9 Å². The van der Waals surface area contributed by atoms with Gasteiger partial charge >= 0.3 is 0 Å². The minimum absolute atomic E-state index is 0.458. The third-order valence-electron chi connectivity index (χ3n) is 7.50. The first kappa shape index (κ1) is 30.1. The molecule has 0 aliphatic heterocycles. The Kier molecular flexibility index (Phi) is 18.6. The second-order valence-electron chi connectivity index (χ2n) is 10.9. The Bertz CT molecular complexity index is 576. The van der Waals surface area contributed by atoms with Gasteiger partial charge in [0.1, 0.15) is 5.75 Å². The van der Waals surface area contributed by atoms with E-state index in [0.29, 0.717) is 11.7 Å². The van der Waals surface area contributed by atoms with Gasteiger partial charge in [0.05, 0.1) is 0 Å². The number of benzene rings is 1. The van der Waals surface area contributed by atoms with E-state index < -0.39 is 0 Å². The number of phenols is 1. The van der Waals surface area contributed by atoms with Crippen molar-refractivity contribution in [3.63, 3.8) is 0 Å². The third-order valence-corrected chi connectivity index (χ3v) is 7.50. The summed E-state index contributed by atoms with van der Waals surface area (Å²) in [4.78, 5) is 0. The van der Waals surface area contributed by atoms with Crippen molar-refractivity contribution in [2.24, 2.45) is 0 Å². The lowest BCUT2D eigenvalue weighted by molar-refractivity contribution is 0.453. The standard InChI is InChI=1S/C32H58O/c1-5-6-7-8-9-10-11-12-13-14-15-16-17-18-19-20-21-22-23-24-25-29(3)31-27-28(2)26-30(4)32(31)33/h26-27,29,33H,5-25H2,1-4H3. The third kappa shape index (κ3) is 15.5. The minimum Gasteiger partial charge on any atom is -0.507 e. The summed E-state index contributed by atoms with van der Waals surface area (Å²) in [7, 11) is 0. The molecule has 0 bridgehead atoms. The van der Waals surface area contributed by atoms with E-state index in [0.717, 1.165) is 11.1 Å². The van der Waals surface area contributed by atoms with Crippen LogP contribution in [0.15, 0.2) is 12.1 Å². The van der Waals surface area contributed by atoms with Gasteiger partial charge in [0, 0.05) is 0 Å². The fourth-order valence-corrected chi connectivity index (χ4v) is 5.23. The Hall–Kier alpha value is -0.980. The summed E-state index contributed by atoms with van der Waals surface area (Å²) < 4.78 is 0. The molecule has 0 aliphatic rings. The van der Waals surface area contributed by atoms with Gasteiger partial charge in [0.2, 0.25) is 0 Å². The van der Waals surface area contributed by atoms with Gasteiger partial charge in [0.25, 0.3) is 0 Å². The van der Waals surface area contributed by atoms with Crippen molar-refractivity contribution >= 4 is 0 Å². The molecule has 1 N–H and O–H groups in total. The van der Waals surface area contributed by atoms with E-state index in [-0.39, 0.29) is 0 Å². The lowest BCUT2D eigenvalue weighted by atomic mass is 9.91. The normalized spacial score (nSPS) is 12.4. The highest BCUT2D eigenvalue weighted by Crippen LogP contribution is 2.33. The highest BCUT2D eigenvalue weighted by molar-refractivity contribution is 5.44. The van der Waals surface area contributed by atoms with Crippen LogP contribution in [0.1, 0.15) is 171 Å². The predicted octanol–water partition coefficient (Wildman–Crippen LogP) is 11.3. The molecule has 192 valence electrons. The highest BCUT2D eigenvalue weighted by atomic mass is 16.3. The van der Waals surface area contributed by atoms with E-state index >= 15 is 0 Å². The molecule has 0 radical (unpaired) electrons. The van der Waals surface area contributed by atoms with Crippen molar-refractivity contribution < 1.29 is 5.11 Å². The van der Waals surface area contributed by atoms with E-state index in [1.54, 1.807) is 0 Å². The van der Waals surface area contributed by atoms with Crippen molar-refractivity contribution in [1.82, 2.24) is 0 Å². The summed E-state index contributed by atoms with van der Waals surface area (Å²) in [6.45, 7) is 8.70. The van der Waals surface area contributed by atoms with E-state index in [1.807, 2.05) is 6.92 Å². The van der Waals surface area contributed by atoms with Crippen LogP contribution in [0.3, 0.4) is 0 Å². The molecule has 1 heteroatoms. The van der Waals surface area contributed by atoms with Crippen molar-refractivity contribution in [3.05, 3.63) is 28.8 Å². The summed E-state index contributed by atoms with van der Waals surface area (Å²) in [5, 5.41) is 10.4. The van der Waals surface area contributed by atoms with E-state index in [4.69, 9.17) is 0 Å². The quantitative estimate of drug-likeness (QED) is 0.171. The molecule has 1 atom stereocenters. The molecular weight excluding hydrogens is 400 g/mol. The number of aryl methyl sites for hydroxylation is 2. The molecule has 0 saturated carbocycles. The van der Waals surface area contributed by atoms with Crippen LogP contribution in [0, 0.1) is 13.8 Å². The zero-order valence-corrected chi connectivity index (χ0v) is 23.0. The molecule has 0 saturated heterocycles. The van der Waals surface area contributed by atoms with Crippen LogP contribution < -0.4 is 0 Å². The van der Waals surface area contributed by atoms with Crippen molar-refractivity contribution in [1.29, 1.82) is 0 Å². The first-order chi connectivity index (χ1) is 16.1. The molecule has 1 aromatic carbocycles. The zero-order valence-electron chi connectivity index (χ0n) is 23.0. The molecule has 0 spiro atoms. The maximum atomic E-state index is 10.4. The molecule has 1 unspecified atom stereocenters. The summed E-state index contributed by atoms with van der Waals surface area (Å²) >= 11 is 0. The van der Waals surface area contributed by atoms with Gasteiger partial charge in [-0.15, -0.1) is 0 Å². The average Bonchev–Trinajstić information content (AvgIpc) is 2.80. The van der Waals surface area contributed by atoms with Gasteiger partial charge in [0.15, 0.2) is 0 Å². The number of phenolic OH excluding ortho intramolecular Hbond substituents is 1. The molecule has 1 aromatic rings. The Morgan fingerprint density at radius 1 is 0.576 bits per heavy atom. The Labute approximate surface area is 208 Å². The Morgan fingerprint density at radius 3 is 1.33 bits per heavy atom. The molecule has 1 nitrogen and oxygen atoms in total. The number of hydrogen-bond acceptors (Lipinski definition) is 1. The van der Waals surface area contributed by atoms with Crippen molar-refractivity contribution in [3.8, 4) is 5.75 Å². The molecule has 0 amide bonds. The van der Waals surface area contributed by atoms with Gasteiger partial charge < -0.3 is 5.11 Å². The van der Waals surface area contributed by atoms with Gasteiger partial charge in [-0.2, -0.15) is 0 Å². The molecule has 0 fully saturated rings. The van der Waals surface area contributed by atoms with Crippen LogP contribution in [0.5, 0.6) is 5.75 Å². The average molecular weight is 459 g/mol. The minimum atomic E-state index is 0.458. The SMILES string of the molecule is CCCCCCCCCCCCCCCCCCCCCCC(C)c1cc(C)cc(C)c1O. The van der Waals surface area contributed by atoms with Crippen LogP contribution in [-0.4, -0.2) is 5.11 Å². The number of hydrogen-bond donors (Lipinski definition) is 1. The first-order valence-electron chi connectivity index (χ1n) is 14.9. The summed E-state index contributed by atoms with van der Waals surface area (Å²) in [5.74, 6) is 0.973. The molecule has 1 rings (SSSR count). The van der Waals surface area contributed by atoms with Crippen LogP contribution >= 0.6 is 0 Å². The summed E-state index contributed by atoms with van der Waals surface area (Å²) in [6, 6.07) is 4.24. The highest BCUT2D eigenvalue weighted by Gasteiger charge is 2.12. The molecular formula is C32H58O. The summed E-state index contributed by atoms with van der Waals surface area (Å²) in [5.41, 5.74) is 3.42. The second-order valence-corrected chi connectivity index (χ2v) is 10.9. The Morgan fingerprint density at radius 2 is 0.939 bits per heavy atom. The van der Waals surface area contributed by atoms with Crippen LogP contribution in [0.25, 0.3) is 0 Å². The van der Waals surface area contributed by atoms with E-state index in [9.17, 15) is 5.11 Å². The van der Waals surface area contributed by atoms with Gasteiger partial charge in [-0.25, -0.2) is 0 Å². The molecule has 33 heavy (non-hydrogen) atoms. The first-order valence-corrected chi connectivity index (χ1v) is 14.9. The second kappa shape index (κ2) is 20.4. The lowest BCUT2D eigenvalue weighted by Gasteiger charge is -2.16. The largest absolute Gasteiger partial charge is 0.507 e. The van der Waals surface area contributed by atoms with Crippen LogP contribution in [-0.2, 0) is 0 Å². The van der Waals surface area contributed by atoms with Crippen molar-refractivity contribution in [2.75, 3.05) is 0 Å². The molecule has 0 aliphatic carbocycles. The fraction of sp³-hybridized carbons (Fsp3) is 0.812. The predicted molar refractivity (Wildman–Crippen MR) is 149 cm³/mol. The van der Waals surface area contributed by atoms with E-state index in [1.165, 1.54) is 140 Å². The maximum absolute atomic E-state index is 10.4. The monoisotopic (exact) mass is 458 g/mol. The smallest absolute Gasteiger partial charge is 0.121 e. The van der Waals surface area contributed by atoms with Crippen LogP contribution in [0.2, 0.25) is 0 Å². The maximum Gasteiger partial charge on any atom is 0.121 e. The lowest BCUT2D eigenvalue weighted by Crippen LogP contribution is -1.97. The number of aromatic hydroxyl groups is 1. The summed E-state index contributed by atoms with van der Waals surface area (Å²) in [6.07, 6.45) is 29.8. The zero-order chi connectivity index (χ0) is 24.2. The van der Waals surface area contributed by atoms with Gasteiger partial charge in [-0.3, -0.25) is 0 Å². The molecule has 0 aromatic heterocycles. The molecule has 0 heterocycles. The fourth-order valence-electron chi connectivity index (χ4n) is 5.23.